The first-order chi connectivity index (χ1) is 14.3. The highest BCUT2D eigenvalue weighted by Gasteiger charge is 2.28. The number of carbonyl (C=O) groups is 2. The van der Waals surface area contributed by atoms with E-state index in [1.54, 1.807) is 4.90 Å². The number of rotatable bonds is 10. The number of nitrogens with one attached hydrogen (secondary N) is 1. The van der Waals surface area contributed by atoms with Crippen molar-refractivity contribution >= 4 is 11.8 Å². The first kappa shape index (κ1) is 23.7. The summed E-state index contributed by atoms with van der Waals surface area (Å²) >= 11 is 0. The minimum absolute atomic E-state index is 0.0162. The number of likely N-dealkylation sites (N-methyl/N-ethyl adjacent to an activating group) is 1. The molecule has 0 spiro atoms. The summed E-state index contributed by atoms with van der Waals surface area (Å²) in [6.07, 6.45) is 1.66. The van der Waals surface area contributed by atoms with Crippen molar-refractivity contribution in [2.24, 2.45) is 0 Å². The third-order valence-electron chi connectivity index (χ3n) is 5.45. The Hall–Kier alpha value is -2.62. The third-order valence-corrected chi connectivity index (χ3v) is 5.45. The van der Waals surface area contributed by atoms with Crippen molar-refractivity contribution in [1.82, 2.24) is 10.2 Å². The van der Waals surface area contributed by atoms with E-state index in [1.165, 1.54) is 5.56 Å². The second-order valence-electron chi connectivity index (χ2n) is 8.23. The molecule has 0 aliphatic rings. The average Bonchev–Trinajstić information content (AvgIpc) is 2.72. The Labute approximate surface area is 181 Å². The van der Waals surface area contributed by atoms with Gasteiger partial charge in [-0.2, -0.15) is 0 Å². The molecular weight excluding hydrogens is 372 g/mol. The van der Waals surface area contributed by atoms with Gasteiger partial charge in [-0.05, 0) is 49.3 Å². The van der Waals surface area contributed by atoms with Crippen LogP contribution in [0.3, 0.4) is 0 Å². The molecule has 0 radical (unpaired) electrons. The van der Waals surface area contributed by atoms with Crippen molar-refractivity contribution in [2.75, 3.05) is 6.54 Å². The number of hydrogen-bond donors (Lipinski definition) is 1. The summed E-state index contributed by atoms with van der Waals surface area (Å²) in [6.45, 7) is 11.3. The van der Waals surface area contributed by atoms with Gasteiger partial charge in [0.2, 0.25) is 11.8 Å². The number of carbonyl (C=O) groups excluding carboxylic acids is 2. The normalized spacial score (nSPS) is 11.9. The lowest BCUT2D eigenvalue weighted by Gasteiger charge is -2.30. The molecule has 4 nitrogen and oxygen atoms in total. The number of aryl methyl sites for hydroxylation is 2. The van der Waals surface area contributed by atoms with Gasteiger partial charge in [-0.3, -0.25) is 9.59 Å². The number of amides is 2. The highest BCUT2D eigenvalue weighted by Crippen LogP contribution is 2.18. The highest BCUT2D eigenvalue weighted by atomic mass is 16.2. The van der Waals surface area contributed by atoms with Gasteiger partial charge in [0.05, 0.1) is 0 Å². The SMILES string of the molecule is CCNC(=O)[C@H](CC)N(Cc1cccc(C)c1)C(=O)CCc1ccc(C(C)C)cc1. The second kappa shape index (κ2) is 11.5. The van der Waals surface area contributed by atoms with Crippen LogP contribution < -0.4 is 5.32 Å². The van der Waals surface area contributed by atoms with Crippen LogP contribution in [0.2, 0.25) is 0 Å². The monoisotopic (exact) mass is 408 g/mol. The summed E-state index contributed by atoms with van der Waals surface area (Å²) in [6, 6.07) is 16.2. The van der Waals surface area contributed by atoms with Crippen LogP contribution in [0.15, 0.2) is 48.5 Å². The van der Waals surface area contributed by atoms with E-state index in [2.05, 4.69) is 49.5 Å². The Morgan fingerprint density at radius 3 is 2.27 bits per heavy atom. The molecule has 30 heavy (non-hydrogen) atoms. The fourth-order valence-electron chi connectivity index (χ4n) is 3.68. The molecule has 1 atom stereocenters. The molecule has 2 amide bonds. The van der Waals surface area contributed by atoms with Gasteiger partial charge in [-0.15, -0.1) is 0 Å². The Morgan fingerprint density at radius 1 is 1.00 bits per heavy atom. The zero-order chi connectivity index (χ0) is 22.1. The van der Waals surface area contributed by atoms with E-state index < -0.39 is 6.04 Å². The maximum Gasteiger partial charge on any atom is 0.242 e. The van der Waals surface area contributed by atoms with Crippen molar-refractivity contribution in [1.29, 1.82) is 0 Å². The average molecular weight is 409 g/mol. The number of nitrogens with zero attached hydrogens (tertiary/aromatic N) is 1. The fourth-order valence-corrected chi connectivity index (χ4v) is 3.68. The molecule has 0 aromatic heterocycles. The van der Waals surface area contributed by atoms with Gasteiger partial charge in [0.25, 0.3) is 0 Å². The zero-order valence-electron chi connectivity index (χ0n) is 19.1. The third kappa shape index (κ3) is 6.72. The van der Waals surface area contributed by atoms with Crippen molar-refractivity contribution < 1.29 is 9.59 Å². The molecule has 0 saturated carbocycles. The molecule has 2 aromatic rings. The minimum atomic E-state index is -0.457. The van der Waals surface area contributed by atoms with Crippen LogP contribution in [0.4, 0.5) is 0 Å². The summed E-state index contributed by atoms with van der Waals surface area (Å²) in [5.74, 6) is 0.428. The van der Waals surface area contributed by atoms with Crippen molar-refractivity contribution in [3.05, 3.63) is 70.8 Å². The van der Waals surface area contributed by atoms with Crippen LogP contribution in [-0.4, -0.2) is 29.3 Å². The largest absolute Gasteiger partial charge is 0.355 e. The molecule has 0 aliphatic heterocycles. The van der Waals surface area contributed by atoms with Crippen molar-refractivity contribution in [3.8, 4) is 0 Å². The molecule has 0 fully saturated rings. The molecule has 0 aliphatic carbocycles. The topological polar surface area (TPSA) is 49.4 Å². The fraction of sp³-hybridized carbons (Fsp3) is 0.462. The standard InChI is InChI=1S/C26H36N2O2/c1-6-24(26(30)27-7-2)28(18-22-10-8-9-20(5)17-22)25(29)16-13-21-11-14-23(15-12-21)19(3)4/h8-12,14-15,17,19,24H,6-7,13,16,18H2,1-5H3,(H,27,30)/t24-/m0/s1. The Balaban J connectivity index is 2.16. The summed E-state index contributed by atoms with van der Waals surface area (Å²) in [4.78, 5) is 27.6. The lowest BCUT2D eigenvalue weighted by Crippen LogP contribution is -2.49. The summed E-state index contributed by atoms with van der Waals surface area (Å²) in [5, 5.41) is 2.89. The van der Waals surface area contributed by atoms with Gasteiger partial charge in [0.1, 0.15) is 6.04 Å². The molecule has 0 bridgehead atoms. The van der Waals surface area contributed by atoms with E-state index in [-0.39, 0.29) is 11.8 Å². The molecule has 0 heterocycles. The molecule has 162 valence electrons. The summed E-state index contributed by atoms with van der Waals surface area (Å²) in [5.41, 5.74) is 4.64. The minimum Gasteiger partial charge on any atom is -0.355 e. The van der Waals surface area contributed by atoms with Gasteiger partial charge in [0, 0.05) is 19.5 Å². The molecule has 0 unspecified atom stereocenters. The number of hydrogen-bond acceptors (Lipinski definition) is 2. The first-order valence-electron chi connectivity index (χ1n) is 11.1. The van der Waals surface area contributed by atoms with Gasteiger partial charge in [-0.1, -0.05) is 74.9 Å². The lowest BCUT2D eigenvalue weighted by atomic mass is 10.00. The number of benzene rings is 2. The Bertz CT molecular complexity index is 827. The van der Waals surface area contributed by atoms with Crippen molar-refractivity contribution in [3.63, 3.8) is 0 Å². The molecule has 0 saturated heterocycles. The Kier molecular flexibility index (Phi) is 9.10. The maximum atomic E-state index is 13.2. The van der Waals surface area contributed by atoms with E-state index in [1.807, 2.05) is 39.0 Å². The molecule has 1 N–H and O–H groups in total. The predicted octanol–water partition coefficient (Wildman–Crippen LogP) is 4.99. The van der Waals surface area contributed by atoms with Crippen LogP contribution in [0, 0.1) is 6.92 Å². The van der Waals surface area contributed by atoms with Crippen LogP contribution in [0.25, 0.3) is 0 Å². The second-order valence-corrected chi connectivity index (χ2v) is 8.23. The van der Waals surface area contributed by atoms with Gasteiger partial charge < -0.3 is 10.2 Å². The first-order valence-corrected chi connectivity index (χ1v) is 11.1. The van der Waals surface area contributed by atoms with Gasteiger partial charge in [-0.25, -0.2) is 0 Å². The van der Waals surface area contributed by atoms with Crippen LogP contribution in [-0.2, 0) is 22.6 Å². The van der Waals surface area contributed by atoms with Crippen molar-refractivity contribution in [2.45, 2.75) is 72.4 Å². The molecule has 2 aromatic carbocycles. The van der Waals surface area contributed by atoms with E-state index in [4.69, 9.17) is 0 Å². The predicted molar refractivity (Wildman–Crippen MR) is 123 cm³/mol. The van der Waals surface area contributed by atoms with Gasteiger partial charge >= 0.3 is 0 Å². The molecule has 4 heteroatoms. The molecular formula is C26H36N2O2. The smallest absolute Gasteiger partial charge is 0.242 e. The maximum absolute atomic E-state index is 13.2. The van der Waals surface area contributed by atoms with Crippen LogP contribution in [0.5, 0.6) is 0 Å². The van der Waals surface area contributed by atoms with Crippen LogP contribution >= 0.6 is 0 Å². The highest BCUT2D eigenvalue weighted by molar-refractivity contribution is 5.87. The van der Waals surface area contributed by atoms with E-state index in [9.17, 15) is 9.59 Å². The van der Waals surface area contributed by atoms with Gasteiger partial charge in [0.15, 0.2) is 0 Å². The van der Waals surface area contributed by atoms with E-state index >= 15 is 0 Å². The van der Waals surface area contributed by atoms with E-state index in [0.29, 0.717) is 38.3 Å². The van der Waals surface area contributed by atoms with E-state index in [0.717, 1.165) is 16.7 Å². The Morgan fingerprint density at radius 2 is 1.70 bits per heavy atom. The lowest BCUT2D eigenvalue weighted by molar-refractivity contribution is -0.141. The zero-order valence-corrected chi connectivity index (χ0v) is 19.1. The molecule has 2 rings (SSSR count). The van der Waals surface area contributed by atoms with Crippen LogP contribution in [0.1, 0.15) is 68.7 Å². The quantitative estimate of drug-likeness (QED) is 0.602. The summed E-state index contributed by atoms with van der Waals surface area (Å²) < 4.78 is 0. The summed E-state index contributed by atoms with van der Waals surface area (Å²) in [7, 11) is 0.